The predicted octanol–water partition coefficient (Wildman–Crippen LogP) is 3.91. The smallest absolute Gasteiger partial charge is 0.0813 e. The Morgan fingerprint density at radius 3 is 3.20 bits per heavy atom. The maximum Gasteiger partial charge on any atom is 0.0813 e. The molecule has 20 heavy (non-hydrogen) atoms. The van der Waals surface area contributed by atoms with Gasteiger partial charge in [0.25, 0.3) is 0 Å². The summed E-state index contributed by atoms with van der Waals surface area (Å²) in [5.41, 5.74) is 4.43. The number of ether oxygens (including phenoxy) is 1. The standard InChI is InChI=1S/C16H20N2OS/c1-16(2)14(11-4-3-7-19-15(11)16)18-10-5-6-12-13(8-10)20-9-17-12/h5-6,8-9,11,14-15,18H,3-4,7H2,1-2H3. The molecule has 0 radical (unpaired) electrons. The van der Waals surface area contributed by atoms with Gasteiger partial charge in [0.2, 0.25) is 0 Å². The highest BCUT2D eigenvalue weighted by Crippen LogP contribution is 2.52. The summed E-state index contributed by atoms with van der Waals surface area (Å²) in [5, 5.41) is 3.75. The second kappa shape index (κ2) is 4.43. The van der Waals surface area contributed by atoms with Crippen molar-refractivity contribution in [1.29, 1.82) is 0 Å². The zero-order chi connectivity index (χ0) is 13.7. The van der Waals surface area contributed by atoms with Crippen LogP contribution in [0, 0.1) is 11.3 Å². The van der Waals surface area contributed by atoms with Gasteiger partial charge in [0, 0.05) is 29.7 Å². The number of rotatable bonds is 2. The number of aromatic nitrogens is 1. The molecule has 0 amide bonds. The van der Waals surface area contributed by atoms with E-state index >= 15 is 0 Å². The molecule has 3 unspecified atom stereocenters. The number of benzene rings is 1. The molecule has 0 bridgehead atoms. The van der Waals surface area contributed by atoms with E-state index in [0.29, 0.717) is 18.1 Å². The summed E-state index contributed by atoms with van der Waals surface area (Å²) in [6, 6.07) is 6.99. The van der Waals surface area contributed by atoms with Crippen LogP contribution in [-0.4, -0.2) is 23.7 Å². The van der Waals surface area contributed by atoms with E-state index in [0.717, 1.165) is 12.1 Å². The maximum atomic E-state index is 5.97. The Morgan fingerprint density at radius 1 is 1.40 bits per heavy atom. The van der Waals surface area contributed by atoms with E-state index in [1.165, 1.54) is 23.2 Å². The summed E-state index contributed by atoms with van der Waals surface area (Å²) in [4.78, 5) is 4.34. The first kappa shape index (κ1) is 12.6. The van der Waals surface area contributed by atoms with Gasteiger partial charge in [0.1, 0.15) is 0 Å². The van der Waals surface area contributed by atoms with Gasteiger partial charge in [0.05, 0.1) is 21.8 Å². The first-order chi connectivity index (χ1) is 9.66. The van der Waals surface area contributed by atoms with E-state index in [4.69, 9.17) is 4.74 Å². The van der Waals surface area contributed by atoms with Crippen LogP contribution in [0.4, 0.5) is 5.69 Å². The summed E-state index contributed by atoms with van der Waals surface area (Å²) < 4.78 is 7.22. The van der Waals surface area contributed by atoms with Gasteiger partial charge in [-0.05, 0) is 31.0 Å². The van der Waals surface area contributed by atoms with Crippen molar-refractivity contribution in [3.63, 3.8) is 0 Å². The minimum absolute atomic E-state index is 0.216. The lowest BCUT2D eigenvalue weighted by atomic mass is 9.55. The van der Waals surface area contributed by atoms with Gasteiger partial charge in [-0.25, -0.2) is 4.98 Å². The van der Waals surface area contributed by atoms with Crippen LogP contribution >= 0.6 is 11.3 Å². The molecule has 1 aromatic carbocycles. The Labute approximate surface area is 123 Å². The molecule has 2 fully saturated rings. The molecule has 1 saturated heterocycles. The van der Waals surface area contributed by atoms with Gasteiger partial charge >= 0.3 is 0 Å². The number of hydrogen-bond donors (Lipinski definition) is 1. The zero-order valence-corrected chi connectivity index (χ0v) is 12.7. The molecule has 2 aromatic rings. The topological polar surface area (TPSA) is 34.2 Å². The molecule has 3 nitrogen and oxygen atoms in total. The summed E-state index contributed by atoms with van der Waals surface area (Å²) >= 11 is 1.70. The van der Waals surface area contributed by atoms with Gasteiger partial charge in [-0.1, -0.05) is 13.8 Å². The van der Waals surface area contributed by atoms with Crippen molar-refractivity contribution in [3.8, 4) is 0 Å². The highest BCUT2D eigenvalue weighted by Gasteiger charge is 2.57. The fourth-order valence-electron chi connectivity index (χ4n) is 3.94. The van der Waals surface area contributed by atoms with Crippen LogP contribution < -0.4 is 5.32 Å². The molecule has 2 aliphatic rings. The lowest BCUT2D eigenvalue weighted by Gasteiger charge is -2.60. The molecule has 1 saturated carbocycles. The van der Waals surface area contributed by atoms with Gasteiger partial charge < -0.3 is 10.1 Å². The molecule has 1 aliphatic heterocycles. The van der Waals surface area contributed by atoms with Crippen LogP contribution in [0.1, 0.15) is 26.7 Å². The first-order valence-electron chi connectivity index (χ1n) is 7.37. The van der Waals surface area contributed by atoms with Crippen LogP contribution in [0.25, 0.3) is 10.2 Å². The first-order valence-corrected chi connectivity index (χ1v) is 8.25. The molecular weight excluding hydrogens is 268 g/mol. The SMILES string of the molecule is CC1(C)C(Nc2ccc3ncsc3c2)C2CCCOC21. The Kier molecular flexibility index (Phi) is 2.79. The van der Waals surface area contributed by atoms with E-state index in [2.05, 4.69) is 42.3 Å². The van der Waals surface area contributed by atoms with E-state index < -0.39 is 0 Å². The number of anilines is 1. The van der Waals surface area contributed by atoms with E-state index in [9.17, 15) is 0 Å². The Balaban J connectivity index is 1.58. The lowest BCUT2D eigenvalue weighted by Crippen LogP contribution is -2.67. The Morgan fingerprint density at radius 2 is 2.30 bits per heavy atom. The summed E-state index contributed by atoms with van der Waals surface area (Å²) in [6.07, 6.45) is 2.92. The third-order valence-corrected chi connectivity index (χ3v) is 5.78. The van der Waals surface area contributed by atoms with Crippen LogP contribution in [-0.2, 0) is 4.74 Å². The molecule has 0 spiro atoms. The van der Waals surface area contributed by atoms with Crippen molar-refractivity contribution in [3.05, 3.63) is 23.7 Å². The normalized spacial score (nSPS) is 31.6. The second-order valence-corrected chi connectivity index (χ2v) is 7.46. The van der Waals surface area contributed by atoms with Crippen molar-refractivity contribution in [1.82, 2.24) is 4.98 Å². The van der Waals surface area contributed by atoms with Crippen molar-refractivity contribution in [2.24, 2.45) is 11.3 Å². The van der Waals surface area contributed by atoms with Crippen LogP contribution in [0.2, 0.25) is 0 Å². The van der Waals surface area contributed by atoms with Crippen LogP contribution in [0.5, 0.6) is 0 Å². The third-order valence-electron chi connectivity index (χ3n) is 4.98. The van der Waals surface area contributed by atoms with Gasteiger partial charge in [0.15, 0.2) is 0 Å². The molecule has 4 rings (SSSR count). The van der Waals surface area contributed by atoms with E-state index in [-0.39, 0.29) is 5.41 Å². The fraction of sp³-hybridized carbons (Fsp3) is 0.562. The average molecular weight is 288 g/mol. The van der Waals surface area contributed by atoms with Gasteiger partial charge in [-0.3, -0.25) is 0 Å². The molecule has 1 aromatic heterocycles. The van der Waals surface area contributed by atoms with Crippen molar-refractivity contribution < 1.29 is 4.74 Å². The van der Waals surface area contributed by atoms with E-state index in [1.807, 2.05) is 5.51 Å². The van der Waals surface area contributed by atoms with Crippen LogP contribution in [0.3, 0.4) is 0 Å². The number of fused-ring (bicyclic) bond motifs is 2. The number of nitrogens with one attached hydrogen (secondary N) is 1. The highest BCUT2D eigenvalue weighted by molar-refractivity contribution is 7.16. The predicted molar refractivity (Wildman–Crippen MR) is 83.3 cm³/mol. The maximum absolute atomic E-state index is 5.97. The van der Waals surface area contributed by atoms with Crippen molar-refractivity contribution in [2.45, 2.75) is 38.8 Å². The molecule has 1 N–H and O–H groups in total. The molecule has 106 valence electrons. The number of hydrogen-bond acceptors (Lipinski definition) is 4. The minimum atomic E-state index is 0.216. The summed E-state index contributed by atoms with van der Waals surface area (Å²) in [5.74, 6) is 0.663. The third kappa shape index (κ3) is 1.78. The minimum Gasteiger partial charge on any atom is -0.381 e. The van der Waals surface area contributed by atoms with Crippen LogP contribution in [0.15, 0.2) is 23.7 Å². The summed E-state index contributed by atoms with van der Waals surface area (Å²) in [6.45, 7) is 5.58. The van der Waals surface area contributed by atoms with Gasteiger partial charge in [-0.2, -0.15) is 0 Å². The van der Waals surface area contributed by atoms with Crippen molar-refractivity contribution in [2.75, 3.05) is 11.9 Å². The number of thiazole rings is 1. The molecular formula is C16H20N2OS. The fourth-order valence-corrected chi connectivity index (χ4v) is 4.66. The second-order valence-electron chi connectivity index (χ2n) is 6.58. The zero-order valence-electron chi connectivity index (χ0n) is 11.9. The molecule has 3 atom stereocenters. The average Bonchev–Trinajstić information content (AvgIpc) is 2.92. The molecule has 2 heterocycles. The van der Waals surface area contributed by atoms with E-state index in [1.54, 1.807) is 11.3 Å². The monoisotopic (exact) mass is 288 g/mol. The lowest BCUT2D eigenvalue weighted by molar-refractivity contribution is -0.177. The Hall–Kier alpha value is -1.13. The van der Waals surface area contributed by atoms with Crippen molar-refractivity contribution >= 4 is 27.2 Å². The molecule has 4 heteroatoms. The quantitative estimate of drug-likeness (QED) is 0.909. The highest BCUT2D eigenvalue weighted by atomic mass is 32.1. The number of nitrogens with zero attached hydrogens (tertiary/aromatic N) is 1. The Bertz CT molecular complexity index is 636. The van der Waals surface area contributed by atoms with Gasteiger partial charge in [-0.15, -0.1) is 11.3 Å². The summed E-state index contributed by atoms with van der Waals surface area (Å²) in [7, 11) is 0. The molecule has 1 aliphatic carbocycles. The largest absolute Gasteiger partial charge is 0.381 e.